The first-order valence-corrected chi connectivity index (χ1v) is 8.75. The topological polar surface area (TPSA) is 67.5 Å². The first-order chi connectivity index (χ1) is 12.1. The van der Waals surface area contributed by atoms with Crippen LogP contribution in [0, 0.1) is 0 Å². The Morgan fingerprint density at radius 1 is 1.36 bits per heavy atom. The van der Waals surface area contributed by atoms with E-state index in [1.54, 1.807) is 7.11 Å². The van der Waals surface area contributed by atoms with Crippen LogP contribution in [0.2, 0.25) is 0 Å². The highest BCUT2D eigenvalue weighted by atomic mass is 16.5. The van der Waals surface area contributed by atoms with Crippen molar-refractivity contribution in [3.05, 3.63) is 46.3 Å². The van der Waals surface area contributed by atoms with Gasteiger partial charge in [0.25, 0.3) is 5.91 Å². The molecular weight excluding hydrogens is 318 g/mol. The molecule has 0 saturated carbocycles. The van der Waals surface area contributed by atoms with Gasteiger partial charge in [-0.25, -0.2) is 0 Å². The van der Waals surface area contributed by atoms with Crippen LogP contribution < -0.4 is 4.74 Å². The Morgan fingerprint density at radius 2 is 2.20 bits per heavy atom. The van der Waals surface area contributed by atoms with E-state index < -0.39 is 0 Å². The number of H-pyrrole nitrogens is 1. The second-order valence-corrected chi connectivity index (χ2v) is 6.83. The lowest BCUT2D eigenvalue weighted by Crippen LogP contribution is -2.37. The normalized spacial score (nSPS) is 22.3. The van der Waals surface area contributed by atoms with Crippen LogP contribution in [0.5, 0.6) is 5.75 Å². The molecular formula is C19H23N3O3. The van der Waals surface area contributed by atoms with Crippen molar-refractivity contribution in [2.45, 2.75) is 45.4 Å². The van der Waals surface area contributed by atoms with E-state index in [2.05, 4.69) is 16.3 Å². The fourth-order valence-electron chi connectivity index (χ4n) is 3.94. The third-order valence-electron chi connectivity index (χ3n) is 5.17. The maximum atomic E-state index is 13.1. The largest absolute Gasteiger partial charge is 0.496 e. The second kappa shape index (κ2) is 6.19. The highest BCUT2D eigenvalue weighted by molar-refractivity contribution is 5.94. The van der Waals surface area contributed by atoms with Crippen molar-refractivity contribution in [1.82, 2.24) is 15.1 Å². The van der Waals surface area contributed by atoms with Gasteiger partial charge in [-0.1, -0.05) is 12.1 Å². The summed E-state index contributed by atoms with van der Waals surface area (Å²) in [5.41, 5.74) is 4.83. The minimum atomic E-state index is -0.0563. The van der Waals surface area contributed by atoms with Gasteiger partial charge >= 0.3 is 0 Å². The first kappa shape index (κ1) is 16.1. The van der Waals surface area contributed by atoms with Crippen LogP contribution in [-0.4, -0.2) is 40.8 Å². The number of nitrogens with zero attached hydrogens (tertiary/aromatic N) is 2. The van der Waals surface area contributed by atoms with Gasteiger partial charge in [0.05, 0.1) is 25.0 Å². The molecule has 1 amide bonds. The zero-order valence-electron chi connectivity index (χ0n) is 14.8. The Bertz CT molecular complexity index is 814. The zero-order chi connectivity index (χ0) is 17.6. The lowest BCUT2D eigenvalue weighted by molar-refractivity contribution is -0.00702. The van der Waals surface area contributed by atoms with E-state index in [1.807, 2.05) is 30.9 Å². The molecule has 1 aromatic heterocycles. The van der Waals surface area contributed by atoms with E-state index in [0.717, 1.165) is 35.4 Å². The third-order valence-corrected chi connectivity index (χ3v) is 5.17. The van der Waals surface area contributed by atoms with Gasteiger partial charge in [0.1, 0.15) is 5.75 Å². The number of nitrogens with one attached hydrogen (secondary N) is 1. The number of hydrogen-bond donors (Lipinski definition) is 1. The average molecular weight is 341 g/mol. The average Bonchev–Trinajstić information content (AvgIpc) is 3.04. The van der Waals surface area contributed by atoms with Crippen LogP contribution >= 0.6 is 0 Å². The van der Waals surface area contributed by atoms with Gasteiger partial charge in [-0.3, -0.25) is 9.89 Å². The molecule has 2 aliphatic rings. The minimum absolute atomic E-state index is 0.00716. The van der Waals surface area contributed by atoms with Gasteiger partial charge in [-0.15, -0.1) is 0 Å². The van der Waals surface area contributed by atoms with Crippen molar-refractivity contribution in [3.63, 3.8) is 0 Å². The molecule has 0 radical (unpaired) electrons. The lowest BCUT2D eigenvalue weighted by atomic mass is 9.96. The van der Waals surface area contributed by atoms with Crippen molar-refractivity contribution in [1.29, 1.82) is 0 Å². The van der Waals surface area contributed by atoms with Crippen LogP contribution in [0.15, 0.2) is 18.2 Å². The number of methoxy groups -OCH3 is 1. The molecule has 6 nitrogen and oxygen atoms in total. The molecule has 0 spiro atoms. The number of carbonyl (C=O) groups is 1. The molecule has 0 bridgehead atoms. The van der Waals surface area contributed by atoms with Gasteiger partial charge in [0.15, 0.2) is 5.69 Å². The summed E-state index contributed by atoms with van der Waals surface area (Å²) in [7, 11) is 1.69. The molecule has 6 heteroatoms. The van der Waals surface area contributed by atoms with Gasteiger partial charge in [-0.2, -0.15) is 5.10 Å². The molecule has 132 valence electrons. The maximum absolute atomic E-state index is 13.1. The summed E-state index contributed by atoms with van der Waals surface area (Å²) in [5.74, 6) is 0.897. The number of ether oxygens (including phenoxy) is 2. The molecule has 0 fully saturated rings. The van der Waals surface area contributed by atoms with Crippen molar-refractivity contribution < 1.29 is 14.3 Å². The molecule has 2 aliphatic heterocycles. The summed E-state index contributed by atoms with van der Waals surface area (Å²) < 4.78 is 11.3. The van der Waals surface area contributed by atoms with E-state index in [9.17, 15) is 4.79 Å². The molecule has 1 aromatic carbocycles. The van der Waals surface area contributed by atoms with E-state index in [0.29, 0.717) is 18.8 Å². The van der Waals surface area contributed by atoms with Gasteiger partial charge in [0, 0.05) is 30.6 Å². The Hall–Kier alpha value is -2.34. The molecule has 0 saturated heterocycles. The van der Waals surface area contributed by atoms with E-state index in [1.165, 1.54) is 5.56 Å². The van der Waals surface area contributed by atoms with Crippen LogP contribution in [-0.2, 0) is 24.1 Å². The van der Waals surface area contributed by atoms with Crippen LogP contribution in [0.3, 0.4) is 0 Å². The third kappa shape index (κ3) is 2.70. The van der Waals surface area contributed by atoms with Crippen molar-refractivity contribution in [2.24, 2.45) is 0 Å². The van der Waals surface area contributed by atoms with Gasteiger partial charge in [-0.05, 0) is 31.9 Å². The van der Waals surface area contributed by atoms with Gasteiger partial charge in [0.2, 0.25) is 0 Å². The highest BCUT2D eigenvalue weighted by Crippen LogP contribution is 2.32. The quantitative estimate of drug-likeness (QED) is 0.912. The number of hydrogen-bond acceptors (Lipinski definition) is 4. The van der Waals surface area contributed by atoms with Crippen LogP contribution in [0.25, 0.3) is 0 Å². The molecule has 2 atom stereocenters. The predicted octanol–water partition coefficient (Wildman–Crippen LogP) is 2.64. The number of amides is 1. The predicted molar refractivity (Wildman–Crippen MR) is 92.7 cm³/mol. The smallest absolute Gasteiger partial charge is 0.274 e. The molecule has 0 aliphatic carbocycles. The molecule has 4 rings (SSSR count). The molecule has 1 N–H and O–H groups in total. The zero-order valence-corrected chi connectivity index (χ0v) is 14.8. The summed E-state index contributed by atoms with van der Waals surface area (Å²) in [4.78, 5) is 15.0. The number of fused-ring (bicyclic) bond motifs is 2. The molecule has 3 heterocycles. The molecule has 2 aromatic rings. The summed E-state index contributed by atoms with van der Waals surface area (Å²) in [5, 5.41) is 7.34. The first-order valence-electron chi connectivity index (χ1n) is 8.75. The Labute approximate surface area is 147 Å². The lowest BCUT2D eigenvalue weighted by Gasteiger charge is -2.30. The Balaban J connectivity index is 1.61. The number of aromatic amines is 1. The maximum Gasteiger partial charge on any atom is 0.274 e. The minimum Gasteiger partial charge on any atom is -0.496 e. The van der Waals surface area contributed by atoms with Crippen LogP contribution in [0.1, 0.15) is 52.8 Å². The molecule has 0 unspecified atom stereocenters. The summed E-state index contributed by atoms with van der Waals surface area (Å²) in [6.07, 6.45) is 1.56. The number of rotatable bonds is 2. The van der Waals surface area contributed by atoms with E-state index >= 15 is 0 Å². The number of aromatic nitrogens is 2. The summed E-state index contributed by atoms with van der Waals surface area (Å²) in [6, 6.07) is 6.02. The standard InChI is InChI=1S/C19H23N3O3/c1-11-9-15-17(12(2)25-11)20-21-18(15)19(23)22-8-7-14-13(10-22)5-4-6-16(14)24-3/h4-6,11-12H,7-10H2,1-3H3,(H,20,21)/t11-,12+/m0/s1. The van der Waals surface area contributed by atoms with E-state index in [-0.39, 0.29) is 18.1 Å². The van der Waals surface area contributed by atoms with E-state index in [4.69, 9.17) is 9.47 Å². The summed E-state index contributed by atoms with van der Waals surface area (Å²) >= 11 is 0. The summed E-state index contributed by atoms with van der Waals surface area (Å²) in [6.45, 7) is 5.29. The fourth-order valence-corrected chi connectivity index (χ4v) is 3.94. The second-order valence-electron chi connectivity index (χ2n) is 6.83. The Kier molecular flexibility index (Phi) is 4.00. The fraction of sp³-hybridized carbons (Fsp3) is 0.474. The Morgan fingerprint density at radius 3 is 3.00 bits per heavy atom. The van der Waals surface area contributed by atoms with Gasteiger partial charge < -0.3 is 14.4 Å². The number of carbonyl (C=O) groups excluding carboxylic acids is 1. The highest BCUT2D eigenvalue weighted by Gasteiger charge is 2.32. The monoisotopic (exact) mass is 341 g/mol. The van der Waals surface area contributed by atoms with Crippen LogP contribution in [0.4, 0.5) is 0 Å². The van der Waals surface area contributed by atoms with Crippen molar-refractivity contribution in [3.8, 4) is 5.75 Å². The number of benzene rings is 1. The SMILES string of the molecule is COc1cccc2c1CCN(C(=O)c1n[nH]c3c1C[C@H](C)O[C@@H]3C)C2. The molecule has 25 heavy (non-hydrogen) atoms. The van der Waals surface area contributed by atoms with Crippen molar-refractivity contribution in [2.75, 3.05) is 13.7 Å². The van der Waals surface area contributed by atoms with Crippen molar-refractivity contribution >= 4 is 5.91 Å².